The smallest absolute Gasteiger partial charge is 0.121 e. The molecule has 1 aromatic heterocycles. The summed E-state index contributed by atoms with van der Waals surface area (Å²) in [6.07, 6.45) is 2.87. The van der Waals surface area contributed by atoms with E-state index in [4.69, 9.17) is 4.74 Å². The number of aliphatic hydroxyl groups is 1. The molecule has 3 atom stereocenters. The molecular weight excluding hydrogens is 278 g/mol. The molecule has 0 spiro atoms. The first-order chi connectivity index (χ1) is 10.8. The fourth-order valence-corrected chi connectivity index (χ4v) is 3.92. The van der Waals surface area contributed by atoms with E-state index in [2.05, 4.69) is 20.9 Å². The van der Waals surface area contributed by atoms with Crippen molar-refractivity contribution in [1.29, 1.82) is 0 Å². The Hall–Kier alpha value is -1.43. The van der Waals surface area contributed by atoms with Gasteiger partial charge in [0.15, 0.2) is 0 Å². The molecule has 0 bridgehead atoms. The molecule has 2 N–H and O–H groups in total. The maximum atomic E-state index is 10.3. The van der Waals surface area contributed by atoms with Crippen LogP contribution in [0.3, 0.4) is 0 Å². The van der Waals surface area contributed by atoms with Crippen molar-refractivity contribution >= 4 is 11.0 Å². The highest BCUT2D eigenvalue weighted by Crippen LogP contribution is 2.30. The number of rotatable bonds is 3. The van der Waals surface area contributed by atoms with Crippen LogP contribution in [0.5, 0.6) is 0 Å². The molecule has 3 heterocycles. The number of benzene rings is 1. The second kappa shape index (κ2) is 5.99. The first-order valence-corrected chi connectivity index (χ1v) is 8.25. The van der Waals surface area contributed by atoms with Crippen molar-refractivity contribution in [3.05, 3.63) is 30.1 Å². The number of imidazole rings is 1. The zero-order chi connectivity index (χ0) is 14.9. The number of H-pyrrole nitrogens is 1. The lowest BCUT2D eigenvalue weighted by Crippen LogP contribution is -2.45. The topological polar surface area (TPSA) is 61.4 Å². The van der Waals surface area contributed by atoms with Crippen LogP contribution < -0.4 is 0 Å². The van der Waals surface area contributed by atoms with E-state index in [9.17, 15) is 5.11 Å². The highest BCUT2D eigenvalue weighted by Gasteiger charge is 2.37. The van der Waals surface area contributed by atoms with Crippen LogP contribution in [-0.4, -0.2) is 51.9 Å². The molecule has 2 aliphatic heterocycles. The van der Waals surface area contributed by atoms with Gasteiger partial charge in [0.1, 0.15) is 5.82 Å². The Balaban J connectivity index is 1.51. The van der Waals surface area contributed by atoms with Gasteiger partial charge in [0, 0.05) is 18.6 Å². The molecule has 0 radical (unpaired) electrons. The van der Waals surface area contributed by atoms with Crippen LogP contribution in [-0.2, 0) is 11.3 Å². The van der Waals surface area contributed by atoms with Gasteiger partial charge in [-0.25, -0.2) is 4.98 Å². The highest BCUT2D eigenvalue weighted by molar-refractivity contribution is 5.74. The molecule has 118 valence electrons. The van der Waals surface area contributed by atoms with E-state index in [1.54, 1.807) is 0 Å². The number of aromatic amines is 1. The number of ether oxygens (including phenoxy) is 1. The lowest BCUT2D eigenvalue weighted by molar-refractivity contribution is -0.0638. The van der Waals surface area contributed by atoms with E-state index < -0.39 is 0 Å². The molecule has 5 heteroatoms. The third kappa shape index (κ3) is 2.64. The Kier molecular flexibility index (Phi) is 3.86. The molecule has 2 saturated heterocycles. The van der Waals surface area contributed by atoms with Crippen LogP contribution in [0.15, 0.2) is 24.3 Å². The van der Waals surface area contributed by atoms with Gasteiger partial charge >= 0.3 is 0 Å². The first-order valence-electron chi connectivity index (χ1n) is 8.25. The number of likely N-dealkylation sites (tertiary alicyclic amines) is 1. The lowest BCUT2D eigenvalue weighted by atomic mass is 9.89. The van der Waals surface area contributed by atoms with Gasteiger partial charge in [-0.2, -0.15) is 0 Å². The summed E-state index contributed by atoms with van der Waals surface area (Å²) >= 11 is 0. The van der Waals surface area contributed by atoms with Crippen LogP contribution in [0, 0.1) is 5.92 Å². The second-order valence-corrected chi connectivity index (χ2v) is 6.48. The monoisotopic (exact) mass is 301 g/mol. The minimum atomic E-state index is -0.227. The predicted octanol–water partition coefficient (Wildman–Crippen LogP) is 1.92. The van der Waals surface area contributed by atoms with Gasteiger partial charge in [0.2, 0.25) is 0 Å². The molecule has 2 aliphatic rings. The molecule has 0 unspecified atom stereocenters. The van der Waals surface area contributed by atoms with Crippen molar-refractivity contribution < 1.29 is 9.84 Å². The highest BCUT2D eigenvalue weighted by atomic mass is 16.5. The first kappa shape index (κ1) is 14.2. The van der Waals surface area contributed by atoms with E-state index in [0.717, 1.165) is 42.8 Å². The average molecular weight is 301 g/mol. The predicted molar refractivity (Wildman–Crippen MR) is 84.5 cm³/mol. The minimum Gasteiger partial charge on any atom is -0.393 e. The number of fused-ring (bicyclic) bond motifs is 1. The summed E-state index contributed by atoms with van der Waals surface area (Å²) < 4.78 is 5.60. The van der Waals surface area contributed by atoms with Gasteiger partial charge in [-0.1, -0.05) is 12.1 Å². The quantitative estimate of drug-likeness (QED) is 0.909. The molecule has 0 saturated carbocycles. The van der Waals surface area contributed by atoms with Crippen LogP contribution in [0.25, 0.3) is 11.0 Å². The van der Waals surface area contributed by atoms with E-state index in [1.807, 2.05) is 18.2 Å². The molecule has 0 aliphatic carbocycles. The van der Waals surface area contributed by atoms with E-state index in [-0.39, 0.29) is 12.0 Å². The minimum absolute atomic E-state index is 0.227. The molecule has 5 nitrogen and oxygen atoms in total. The van der Waals surface area contributed by atoms with E-state index in [0.29, 0.717) is 19.3 Å². The standard InChI is InChI=1S/C17H23N3O2/c21-16-7-9-22-11-12(16)15-6-3-8-20(15)10-17-18-13-4-1-2-5-14(13)19-17/h1-2,4-5,12,15-16,21H,3,6-11H2,(H,18,19)/t12-,15+,16-/m1/s1. The van der Waals surface area contributed by atoms with Crippen molar-refractivity contribution in [2.45, 2.75) is 38.0 Å². The summed E-state index contributed by atoms with van der Waals surface area (Å²) in [5.74, 6) is 1.25. The molecule has 22 heavy (non-hydrogen) atoms. The molecular formula is C17H23N3O2. The Morgan fingerprint density at radius 1 is 1.32 bits per heavy atom. The number of nitrogens with zero attached hydrogens (tertiary/aromatic N) is 2. The number of para-hydroxylation sites is 2. The van der Waals surface area contributed by atoms with Crippen molar-refractivity contribution in [3.8, 4) is 0 Å². The van der Waals surface area contributed by atoms with Gasteiger partial charge in [-0.15, -0.1) is 0 Å². The Morgan fingerprint density at radius 3 is 3.09 bits per heavy atom. The summed E-state index contributed by atoms with van der Waals surface area (Å²) in [5.41, 5.74) is 2.11. The van der Waals surface area contributed by atoms with Crippen LogP contribution in [0.2, 0.25) is 0 Å². The average Bonchev–Trinajstić information content (AvgIpc) is 3.14. The Labute approximate surface area is 130 Å². The lowest BCUT2D eigenvalue weighted by Gasteiger charge is -2.36. The summed E-state index contributed by atoms with van der Waals surface area (Å²) in [4.78, 5) is 10.6. The molecule has 2 aromatic rings. The van der Waals surface area contributed by atoms with Crippen LogP contribution in [0.4, 0.5) is 0 Å². The third-order valence-corrected chi connectivity index (χ3v) is 5.06. The Morgan fingerprint density at radius 2 is 2.23 bits per heavy atom. The van der Waals surface area contributed by atoms with Crippen LogP contribution in [0.1, 0.15) is 25.1 Å². The van der Waals surface area contributed by atoms with E-state index >= 15 is 0 Å². The van der Waals surface area contributed by atoms with Gasteiger partial charge < -0.3 is 14.8 Å². The number of nitrogens with one attached hydrogen (secondary N) is 1. The summed E-state index contributed by atoms with van der Waals surface area (Å²) in [6, 6.07) is 8.55. The van der Waals surface area contributed by atoms with Gasteiger partial charge in [-0.3, -0.25) is 4.90 Å². The van der Waals surface area contributed by atoms with Crippen molar-refractivity contribution in [2.24, 2.45) is 5.92 Å². The fraction of sp³-hybridized carbons (Fsp3) is 0.588. The van der Waals surface area contributed by atoms with Gasteiger partial charge in [0.25, 0.3) is 0 Å². The van der Waals surface area contributed by atoms with Crippen LogP contribution >= 0.6 is 0 Å². The number of aromatic nitrogens is 2. The van der Waals surface area contributed by atoms with Crippen molar-refractivity contribution in [3.63, 3.8) is 0 Å². The number of hydrogen-bond donors (Lipinski definition) is 2. The van der Waals surface area contributed by atoms with Crippen molar-refractivity contribution in [2.75, 3.05) is 19.8 Å². The number of aliphatic hydroxyl groups excluding tert-OH is 1. The molecule has 0 amide bonds. The largest absolute Gasteiger partial charge is 0.393 e. The maximum Gasteiger partial charge on any atom is 0.121 e. The van der Waals surface area contributed by atoms with Gasteiger partial charge in [0.05, 0.1) is 30.3 Å². The fourth-order valence-electron chi connectivity index (χ4n) is 3.92. The Bertz CT molecular complexity index is 609. The van der Waals surface area contributed by atoms with Crippen molar-refractivity contribution in [1.82, 2.24) is 14.9 Å². The molecule has 2 fully saturated rings. The summed E-state index contributed by atoms with van der Waals surface area (Å²) in [7, 11) is 0. The maximum absolute atomic E-state index is 10.3. The number of hydrogen-bond acceptors (Lipinski definition) is 4. The summed E-state index contributed by atoms with van der Waals surface area (Å²) in [5, 5.41) is 10.3. The van der Waals surface area contributed by atoms with Gasteiger partial charge in [-0.05, 0) is 37.9 Å². The second-order valence-electron chi connectivity index (χ2n) is 6.48. The molecule has 1 aromatic carbocycles. The van der Waals surface area contributed by atoms with E-state index in [1.165, 1.54) is 6.42 Å². The zero-order valence-corrected chi connectivity index (χ0v) is 12.7. The third-order valence-electron chi connectivity index (χ3n) is 5.06. The molecule has 4 rings (SSSR count). The normalized spacial score (nSPS) is 30.1. The SMILES string of the molecule is O[C@@H]1CCOC[C@@H]1[C@@H]1CCCN1Cc1nc2ccccc2[nH]1. The zero-order valence-electron chi connectivity index (χ0n) is 12.7. The summed E-state index contributed by atoms with van der Waals surface area (Å²) in [6.45, 7) is 3.27.